The van der Waals surface area contributed by atoms with Gasteiger partial charge in [0.05, 0.1) is 5.69 Å². The van der Waals surface area contributed by atoms with Crippen molar-refractivity contribution < 1.29 is 0 Å². The van der Waals surface area contributed by atoms with Crippen molar-refractivity contribution in [2.75, 3.05) is 39.3 Å². The molecule has 1 atom stereocenters. The van der Waals surface area contributed by atoms with Crippen LogP contribution in [0.25, 0.3) is 10.9 Å². The highest BCUT2D eigenvalue weighted by Crippen LogP contribution is 2.19. The van der Waals surface area contributed by atoms with E-state index in [1.165, 1.54) is 28.5 Å². The van der Waals surface area contributed by atoms with Crippen LogP contribution in [0.1, 0.15) is 31.0 Å². The van der Waals surface area contributed by atoms with Crippen LogP contribution in [0, 0.1) is 5.92 Å². The van der Waals surface area contributed by atoms with Crippen LogP contribution in [0.2, 0.25) is 0 Å². The first kappa shape index (κ1) is 24.4. The van der Waals surface area contributed by atoms with E-state index in [1.54, 1.807) is 0 Å². The maximum Gasteiger partial charge on any atom is 0.0541 e. The van der Waals surface area contributed by atoms with Gasteiger partial charge in [0.25, 0.3) is 0 Å². The molecule has 0 saturated heterocycles. The molecular weight excluding hydrogens is 418 g/mol. The van der Waals surface area contributed by atoms with Crippen molar-refractivity contribution in [2.24, 2.45) is 5.92 Å². The molecule has 34 heavy (non-hydrogen) atoms. The number of pyridine rings is 1. The molecule has 1 aliphatic rings. The fraction of sp³-hybridized carbons (Fsp3) is 0.414. The molecule has 0 spiro atoms. The van der Waals surface area contributed by atoms with Crippen molar-refractivity contribution in [3.63, 3.8) is 0 Å². The van der Waals surface area contributed by atoms with Crippen molar-refractivity contribution in [3.8, 4) is 0 Å². The Morgan fingerprint density at radius 3 is 2.74 bits per heavy atom. The molecule has 0 aliphatic heterocycles. The van der Waals surface area contributed by atoms with E-state index in [9.17, 15) is 0 Å². The number of fused-ring (bicyclic) bond motifs is 1. The highest BCUT2D eigenvalue weighted by atomic mass is 15.1. The first-order valence-electron chi connectivity index (χ1n) is 12.8. The van der Waals surface area contributed by atoms with Crippen molar-refractivity contribution >= 4 is 10.9 Å². The Labute approximate surface area is 204 Å². The average Bonchev–Trinajstić information content (AvgIpc) is 3.29. The molecule has 5 heteroatoms. The summed E-state index contributed by atoms with van der Waals surface area (Å²) in [5.74, 6) is 0.609. The monoisotopic (exact) mass is 457 g/mol. The SMILES string of the molecule is CCCN(CCNCc1ccccn1)CC1C=CC(CNCCc2c[nH]c3ccccc23)=CC1. The Hall–Kier alpha value is -2.73. The number of rotatable bonds is 14. The zero-order valence-corrected chi connectivity index (χ0v) is 20.5. The molecule has 3 N–H and O–H groups in total. The average molecular weight is 458 g/mol. The lowest BCUT2D eigenvalue weighted by Crippen LogP contribution is -2.36. The van der Waals surface area contributed by atoms with Gasteiger partial charge < -0.3 is 20.5 Å². The molecule has 0 radical (unpaired) electrons. The van der Waals surface area contributed by atoms with Crippen molar-refractivity contribution in [3.05, 3.63) is 89.9 Å². The summed E-state index contributed by atoms with van der Waals surface area (Å²) in [5, 5.41) is 8.50. The first-order chi connectivity index (χ1) is 16.8. The van der Waals surface area contributed by atoms with Crippen LogP contribution >= 0.6 is 0 Å². The molecule has 180 valence electrons. The number of benzene rings is 1. The van der Waals surface area contributed by atoms with Gasteiger partial charge in [-0.25, -0.2) is 0 Å². The van der Waals surface area contributed by atoms with Gasteiger partial charge >= 0.3 is 0 Å². The summed E-state index contributed by atoms with van der Waals surface area (Å²) in [4.78, 5) is 10.4. The lowest BCUT2D eigenvalue weighted by Gasteiger charge is -2.27. The smallest absolute Gasteiger partial charge is 0.0541 e. The number of hydrogen-bond acceptors (Lipinski definition) is 4. The molecule has 0 amide bonds. The second kappa shape index (κ2) is 13.2. The highest BCUT2D eigenvalue weighted by molar-refractivity contribution is 5.83. The van der Waals surface area contributed by atoms with E-state index in [-0.39, 0.29) is 0 Å². The van der Waals surface area contributed by atoms with E-state index in [2.05, 4.69) is 87.2 Å². The Morgan fingerprint density at radius 1 is 1.03 bits per heavy atom. The number of para-hydroxylation sites is 1. The molecule has 0 fully saturated rings. The van der Waals surface area contributed by atoms with Gasteiger partial charge in [-0.1, -0.05) is 49.4 Å². The number of hydrogen-bond donors (Lipinski definition) is 3. The van der Waals surface area contributed by atoms with Gasteiger partial charge in [-0.15, -0.1) is 0 Å². The van der Waals surface area contributed by atoms with Crippen LogP contribution in [-0.2, 0) is 13.0 Å². The largest absolute Gasteiger partial charge is 0.361 e. The third-order valence-corrected chi connectivity index (χ3v) is 6.51. The summed E-state index contributed by atoms with van der Waals surface area (Å²) in [6.45, 7) is 9.41. The number of allylic oxidation sites excluding steroid dienone is 1. The second-order valence-corrected chi connectivity index (χ2v) is 9.22. The molecule has 0 saturated carbocycles. The van der Waals surface area contributed by atoms with E-state index < -0.39 is 0 Å². The summed E-state index contributed by atoms with van der Waals surface area (Å²) in [7, 11) is 0. The molecule has 1 aliphatic carbocycles. The third-order valence-electron chi connectivity index (χ3n) is 6.51. The minimum atomic E-state index is 0.609. The first-order valence-corrected chi connectivity index (χ1v) is 12.8. The molecule has 2 aromatic heterocycles. The van der Waals surface area contributed by atoms with Gasteiger partial charge in [-0.2, -0.15) is 0 Å². The fourth-order valence-corrected chi connectivity index (χ4v) is 4.67. The maximum absolute atomic E-state index is 4.39. The Kier molecular flexibility index (Phi) is 9.49. The van der Waals surface area contributed by atoms with Crippen LogP contribution in [0.3, 0.4) is 0 Å². The number of aromatic amines is 1. The predicted molar refractivity (Wildman–Crippen MR) is 143 cm³/mol. The number of nitrogens with zero attached hydrogens (tertiary/aromatic N) is 2. The van der Waals surface area contributed by atoms with Crippen molar-refractivity contribution in [2.45, 2.75) is 32.7 Å². The Morgan fingerprint density at radius 2 is 1.91 bits per heavy atom. The number of nitrogens with one attached hydrogen (secondary N) is 3. The van der Waals surface area contributed by atoms with Crippen LogP contribution in [0.15, 0.2) is 78.7 Å². The van der Waals surface area contributed by atoms with Gasteiger partial charge in [0.15, 0.2) is 0 Å². The lowest BCUT2D eigenvalue weighted by molar-refractivity contribution is 0.247. The molecule has 1 unspecified atom stereocenters. The molecule has 0 bridgehead atoms. The number of H-pyrrole nitrogens is 1. The van der Waals surface area contributed by atoms with E-state index in [0.29, 0.717) is 5.92 Å². The van der Waals surface area contributed by atoms with E-state index in [4.69, 9.17) is 0 Å². The minimum absolute atomic E-state index is 0.609. The molecule has 4 rings (SSSR count). The summed E-state index contributed by atoms with van der Waals surface area (Å²) in [6.07, 6.45) is 14.5. The standard InChI is InChI=1S/C29H39N5/c1-2-18-34(19-17-31-22-27-7-5-6-15-32-27)23-25-12-10-24(11-13-25)20-30-16-14-26-21-33-29-9-4-3-8-28(26)29/h3-12,15,21,25,30-31,33H,2,13-14,16-20,22-23H2,1H3. The zero-order valence-electron chi connectivity index (χ0n) is 20.5. The quantitative estimate of drug-likeness (QED) is 0.307. The van der Waals surface area contributed by atoms with E-state index >= 15 is 0 Å². The van der Waals surface area contributed by atoms with Crippen LogP contribution in [0.4, 0.5) is 0 Å². The van der Waals surface area contributed by atoms with Crippen LogP contribution in [-0.4, -0.2) is 54.1 Å². The van der Waals surface area contributed by atoms with Crippen molar-refractivity contribution in [1.29, 1.82) is 0 Å². The summed E-state index contributed by atoms with van der Waals surface area (Å²) in [6, 6.07) is 14.6. The van der Waals surface area contributed by atoms with E-state index in [0.717, 1.165) is 64.3 Å². The molecule has 5 nitrogen and oxygen atoms in total. The molecule has 1 aromatic carbocycles. The third kappa shape index (κ3) is 7.39. The maximum atomic E-state index is 4.39. The Balaban J connectivity index is 1.13. The van der Waals surface area contributed by atoms with Gasteiger partial charge in [0.1, 0.15) is 0 Å². The van der Waals surface area contributed by atoms with Crippen LogP contribution in [0.5, 0.6) is 0 Å². The molecular formula is C29H39N5. The Bertz CT molecular complexity index is 1050. The summed E-state index contributed by atoms with van der Waals surface area (Å²) < 4.78 is 0. The minimum Gasteiger partial charge on any atom is -0.361 e. The second-order valence-electron chi connectivity index (χ2n) is 9.22. The fourth-order valence-electron chi connectivity index (χ4n) is 4.67. The molecule has 2 heterocycles. The summed E-state index contributed by atoms with van der Waals surface area (Å²) >= 11 is 0. The highest BCUT2D eigenvalue weighted by Gasteiger charge is 2.13. The van der Waals surface area contributed by atoms with Crippen LogP contribution < -0.4 is 10.6 Å². The van der Waals surface area contributed by atoms with Gasteiger partial charge in [-0.05, 0) is 67.6 Å². The summed E-state index contributed by atoms with van der Waals surface area (Å²) in [5.41, 5.74) is 5.13. The number of aromatic nitrogens is 2. The van der Waals surface area contributed by atoms with Gasteiger partial charge in [0.2, 0.25) is 0 Å². The van der Waals surface area contributed by atoms with Gasteiger partial charge in [-0.3, -0.25) is 4.98 Å². The van der Waals surface area contributed by atoms with E-state index in [1.807, 2.05) is 18.3 Å². The molecule has 3 aromatic rings. The van der Waals surface area contributed by atoms with Gasteiger partial charge in [0, 0.05) is 56.0 Å². The normalized spacial score (nSPS) is 15.8. The predicted octanol–water partition coefficient (Wildman–Crippen LogP) is 4.70. The lowest BCUT2D eigenvalue weighted by atomic mass is 9.96. The topological polar surface area (TPSA) is 56.0 Å². The van der Waals surface area contributed by atoms with Crippen molar-refractivity contribution in [1.82, 2.24) is 25.5 Å². The zero-order chi connectivity index (χ0) is 23.4.